The van der Waals surface area contributed by atoms with E-state index in [1.807, 2.05) is 18.2 Å². The lowest BCUT2D eigenvalue weighted by Gasteiger charge is -2.34. The molecule has 1 amide bonds. The number of carbonyl (C=O) groups is 1. The van der Waals surface area contributed by atoms with E-state index in [9.17, 15) is 18.0 Å². The number of anilines is 1. The van der Waals surface area contributed by atoms with Gasteiger partial charge >= 0.3 is 6.18 Å². The molecule has 184 valence electrons. The lowest BCUT2D eigenvalue weighted by atomic mass is 9.83. The zero-order valence-corrected chi connectivity index (χ0v) is 21.2. The van der Waals surface area contributed by atoms with Gasteiger partial charge in [-0.25, -0.2) is 0 Å². The average molecular weight is 511 g/mol. The number of thioether (sulfide) groups is 1. The third kappa shape index (κ3) is 5.06. The van der Waals surface area contributed by atoms with Gasteiger partial charge in [-0.2, -0.15) is 24.9 Å². The molecule has 2 aliphatic rings. The summed E-state index contributed by atoms with van der Waals surface area (Å²) in [6, 6.07) is 10.4. The largest absolute Gasteiger partial charge is 0.413 e. The van der Waals surface area contributed by atoms with Crippen molar-refractivity contribution in [1.29, 1.82) is 0 Å². The Morgan fingerprint density at radius 1 is 1.15 bits per heavy atom. The summed E-state index contributed by atoms with van der Waals surface area (Å²) in [6.07, 6.45) is -2.51. The van der Waals surface area contributed by atoms with E-state index in [1.54, 1.807) is 23.9 Å². The van der Waals surface area contributed by atoms with Crippen LogP contribution in [-0.2, 0) is 16.6 Å². The van der Waals surface area contributed by atoms with Crippen LogP contribution in [0.25, 0.3) is 0 Å². The highest BCUT2D eigenvalue weighted by Gasteiger charge is 2.46. The highest BCUT2D eigenvalue weighted by atomic mass is 35.5. The maximum Gasteiger partial charge on any atom is 0.413 e. The van der Waals surface area contributed by atoms with E-state index in [0.717, 1.165) is 28.5 Å². The van der Waals surface area contributed by atoms with Crippen molar-refractivity contribution in [2.75, 3.05) is 23.9 Å². The summed E-state index contributed by atoms with van der Waals surface area (Å²) >= 11 is 7.91. The molecule has 1 aliphatic carbocycles. The number of benzene rings is 2. The molecular formula is C26H30ClF3N2OS. The van der Waals surface area contributed by atoms with E-state index in [2.05, 4.69) is 19.2 Å². The van der Waals surface area contributed by atoms with Gasteiger partial charge in [0.05, 0.1) is 0 Å². The maximum absolute atomic E-state index is 14.1. The molecule has 4 rings (SSSR count). The third-order valence-electron chi connectivity index (χ3n) is 7.24. The smallest absolute Gasteiger partial charge is 0.381 e. The van der Waals surface area contributed by atoms with Crippen molar-refractivity contribution in [2.24, 2.45) is 5.92 Å². The number of carbonyl (C=O) groups excluding carboxylic acids is 1. The van der Waals surface area contributed by atoms with Gasteiger partial charge in [0.2, 0.25) is 5.91 Å². The highest BCUT2D eigenvalue weighted by Crippen LogP contribution is 2.42. The first-order valence-electron chi connectivity index (χ1n) is 11.5. The van der Waals surface area contributed by atoms with Crippen LogP contribution in [0, 0.1) is 5.92 Å². The maximum atomic E-state index is 14.1. The van der Waals surface area contributed by atoms with Gasteiger partial charge in [0.15, 0.2) is 6.04 Å². The van der Waals surface area contributed by atoms with E-state index in [4.69, 9.17) is 11.6 Å². The Balaban J connectivity index is 1.51. The van der Waals surface area contributed by atoms with Crippen LogP contribution in [0.4, 0.5) is 18.9 Å². The van der Waals surface area contributed by atoms with E-state index in [-0.39, 0.29) is 22.9 Å². The van der Waals surface area contributed by atoms with Gasteiger partial charge in [-0.3, -0.25) is 4.79 Å². The van der Waals surface area contributed by atoms with Crippen LogP contribution in [0.3, 0.4) is 0 Å². The van der Waals surface area contributed by atoms with Crippen molar-refractivity contribution in [3.8, 4) is 0 Å². The molecule has 1 aliphatic heterocycles. The Bertz CT molecular complexity index is 1040. The number of hydrogen-bond acceptors (Lipinski definition) is 3. The predicted octanol–water partition coefficient (Wildman–Crippen LogP) is 6.86. The molecule has 3 nitrogen and oxygen atoms in total. The number of halogens is 4. The van der Waals surface area contributed by atoms with Gasteiger partial charge in [0.25, 0.3) is 0 Å². The molecule has 1 saturated heterocycles. The number of nitrogens with one attached hydrogen (secondary N) is 1. The summed E-state index contributed by atoms with van der Waals surface area (Å²) in [7, 11) is 1.28. The van der Waals surface area contributed by atoms with Crippen molar-refractivity contribution in [3.63, 3.8) is 0 Å². The first-order valence-corrected chi connectivity index (χ1v) is 13.1. The predicted molar refractivity (Wildman–Crippen MR) is 134 cm³/mol. The van der Waals surface area contributed by atoms with Crippen LogP contribution in [-0.4, -0.2) is 41.6 Å². The fourth-order valence-corrected chi connectivity index (χ4v) is 6.51. The molecule has 1 unspecified atom stereocenters. The summed E-state index contributed by atoms with van der Waals surface area (Å²) in [5.74, 6) is 0.870. The second kappa shape index (κ2) is 9.65. The van der Waals surface area contributed by atoms with Crippen molar-refractivity contribution in [3.05, 3.63) is 64.2 Å². The molecule has 0 saturated carbocycles. The molecule has 2 aromatic carbocycles. The van der Waals surface area contributed by atoms with Crippen LogP contribution in [0.5, 0.6) is 0 Å². The summed E-state index contributed by atoms with van der Waals surface area (Å²) in [5, 5.41) is 4.20. The zero-order valence-electron chi connectivity index (χ0n) is 19.6. The van der Waals surface area contributed by atoms with Crippen LogP contribution in [0.2, 0.25) is 5.02 Å². The van der Waals surface area contributed by atoms with Crippen molar-refractivity contribution in [1.82, 2.24) is 4.90 Å². The molecule has 1 fully saturated rings. The Hall–Kier alpha value is -1.86. The molecule has 0 radical (unpaired) electrons. The minimum atomic E-state index is -4.56. The Morgan fingerprint density at radius 2 is 1.79 bits per heavy atom. The van der Waals surface area contributed by atoms with Crippen LogP contribution in [0.15, 0.2) is 42.5 Å². The number of nitrogens with zero attached hydrogens (tertiary/aromatic N) is 1. The number of rotatable bonds is 5. The van der Waals surface area contributed by atoms with Crippen LogP contribution in [0.1, 0.15) is 49.4 Å². The van der Waals surface area contributed by atoms with Gasteiger partial charge < -0.3 is 10.2 Å². The van der Waals surface area contributed by atoms with Crippen LogP contribution >= 0.6 is 23.4 Å². The standard InChI is InChI=1S/C26H30ClF3N2OS/c1-25(2)21-9-6-19(27)14-18(21)15-22(25)31-20-7-4-16(5-8-20)23(26(28,29)30)32(3)24(33)17-10-12-34-13-11-17/h4-9,14,17,22-23,31H,10-13,15H2,1-3H3/t22?,23-/m0/s1. The SMILES string of the molecule is CN(C(=O)C1CCSCC1)[C@@H](c1ccc(NC2Cc3cc(Cl)ccc3C2(C)C)cc1)C(F)(F)F. The van der Waals surface area contributed by atoms with Gasteiger partial charge in [-0.05, 0) is 71.7 Å². The molecule has 8 heteroatoms. The summed E-state index contributed by atoms with van der Waals surface area (Å²) in [6.45, 7) is 4.31. The minimum Gasteiger partial charge on any atom is -0.381 e. The molecule has 0 spiro atoms. The lowest BCUT2D eigenvalue weighted by Crippen LogP contribution is -2.43. The second-order valence-electron chi connectivity index (χ2n) is 9.83. The van der Waals surface area contributed by atoms with E-state index in [1.165, 1.54) is 30.3 Å². The summed E-state index contributed by atoms with van der Waals surface area (Å²) < 4.78 is 42.2. The van der Waals surface area contributed by atoms with E-state index < -0.39 is 18.1 Å². The lowest BCUT2D eigenvalue weighted by molar-refractivity contribution is -0.190. The number of alkyl halides is 3. The molecule has 1 heterocycles. The first-order chi connectivity index (χ1) is 16.0. The topological polar surface area (TPSA) is 32.3 Å². The number of fused-ring (bicyclic) bond motifs is 1. The molecule has 2 atom stereocenters. The fraction of sp³-hybridized carbons (Fsp3) is 0.500. The molecule has 1 N–H and O–H groups in total. The highest BCUT2D eigenvalue weighted by molar-refractivity contribution is 7.99. The Labute approximate surface area is 208 Å². The average Bonchev–Trinajstić information content (AvgIpc) is 3.02. The second-order valence-corrected chi connectivity index (χ2v) is 11.5. The van der Waals surface area contributed by atoms with Crippen molar-refractivity contribution >= 4 is 35.0 Å². The van der Waals surface area contributed by atoms with Crippen molar-refractivity contribution in [2.45, 2.75) is 56.8 Å². The van der Waals surface area contributed by atoms with Gasteiger partial charge in [-0.1, -0.05) is 43.6 Å². The first kappa shape index (κ1) is 25.2. The summed E-state index contributed by atoms with van der Waals surface area (Å²) in [5.41, 5.74) is 3.08. The van der Waals surface area contributed by atoms with E-state index >= 15 is 0 Å². The Morgan fingerprint density at radius 3 is 2.41 bits per heavy atom. The minimum absolute atomic E-state index is 0.0693. The van der Waals surface area contributed by atoms with E-state index in [0.29, 0.717) is 17.9 Å². The fourth-order valence-electron chi connectivity index (χ4n) is 5.21. The van der Waals surface area contributed by atoms with Gasteiger partial charge in [0, 0.05) is 35.1 Å². The Kier molecular flexibility index (Phi) is 7.16. The molecular weight excluding hydrogens is 481 g/mol. The number of hydrogen-bond donors (Lipinski definition) is 1. The number of amides is 1. The quantitative estimate of drug-likeness (QED) is 0.477. The molecule has 34 heavy (non-hydrogen) atoms. The molecule has 0 bridgehead atoms. The zero-order chi connectivity index (χ0) is 24.7. The molecule has 2 aromatic rings. The third-order valence-corrected chi connectivity index (χ3v) is 8.52. The van der Waals surface area contributed by atoms with Crippen molar-refractivity contribution < 1.29 is 18.0 Å². The van der Waals surface area contributed by atoms with Gasteiger partial charge in [-0.15, -0.1) is 0 Å². The van der Waals surface area contributed by atoms with Gasteiger partial charge in [0.1, 0.15) is 0 Å². The van der Waals surface area contributed by atoms with Crippen LogP contribution < -0.4 is 5.32 Å². The monoisotopic (exact) mass is 510 g/mol. The summed E-state index contributed by atoms with van der Waals surface area (Å²) in [4.78, 5) is 13.7. The molecule has 0 aromatic heterocycles. The normalized spacial score (nSPS) is 21.1.